The molecule has 0 spiro atoms. The van der Waals surface area contributed by atoms with E-state index in [2.05, 4.69) is 38.4 Å². The van der Waals surface area contributed by atoms with Gasteiger partial charge in [0.25, 0.3) is 0 Å². The number of rotatable bonds is 4. The van der Waals surface area contributed by atoms with Gasteiger partial charge in [0.15, 0.2) is 0 Å². The average Bonchev–Trinajstić information content (AvgIpc) is 2.79. The summed E-state index contributed by atoms with van der Waals surface area (Å²) >= 11 is 1.77. The summed E-state index contributed by atoms with van der Waals surface area (Å²) in [4.78, 5) is 4.83. The quantitative estimate of drug-likeness (QED) is 0.910. The minimum Gasteiger partial charge on any atom is -0.379 e. The molecule has 0 radical (unpaired) electrons. The zero-order valence-corrected chi connectivity index (χ0v) is 12.6. The molecular weight excluding hydrogens is 244 g/mol. The molecule has 2 heterocycles. The van der Waals surface area contributed by atoms with E-state index in [9.17, 15) is 0 Å². The topological polar surface area (TPSA) is 34.2 Å². The first kappa shape index (κ1) is 14.0. The van der Waals surface area contributed by atoms with Crippen molar-refractivity contribution in [2.75, 3.05) is 13.2 Å². The molecule has 1 aromatic rings. The first-order valence-corrected chi connectivity index (χ1v) is 7.73. The molecule has 2 rings (SSSR count). The number of thiazole rings is 1. The normalized spacial score (nSPS) is 25.0. The van der Waals surface area contributed by atoms with Gasteiger partial charge in [0.05, 0.1) is 17.8 Å². The number of hydrogen-bond donors (Lipinski definition) is 1. The second kappa shape index (κ2) is 5.68. The molecule has 1 N–H and O–H groups in total. The van der Waals surface area contributed by atoms with Gasteiger partial charge >= 0.3 is 0 Å². The molecule has 18 heavy (non-hydrogen) atoms. The van der Waals surface area contributed by atoms with Crippen LogP contribution < -0.4 is 5.32 Å². The molecular formula is C14H24N2OS. The smallest absolute Gasteiger partial charge is 0.115 e. The van der Waals surface area contributed by atoms with Gasteiger partial charge in [-0.1, -0.05) is 13.8 Å². The molecule has 1 unspecified atom stereocenters. The molecule has 102 valence electrons. The van der Waals surface area contributed by atoms with E-state index in [0.717, 1.165) is 26.1 Å². The Labute approximate surface area is 114 Å². The van der Waals surface area contributed by atoms with Crippen molar-refractivity contribution in [3.05, 3.63) is 16.1 Å². The Kier molecular flexibility index (Phi) is 4.41. The summed E-state index contributed by atoms with van der Waals surface area (Å²) in [6.07, 6.45) is 2.23. The van der Waals surface area contributed by atoms with Crippen molar-refractivity contribution in [2.45, 2.75) is 58.0 Å². The van der Waals surface area contributed by atoms with Gasteiger partial charge in [-0.3, -0.25) is 0 Å². The number of nitrogens with one attached hydrogen (secondary N) is 1. The van der Waals surface area contributed by atoms with Crippen LogP contribution in [0, 0.1) is 0 Å². The Morgan fingerprint density at radius 3 is 2.67 bits per heavy atom. The minimum absolute atomic E-state index is 0.0653. The van der Waals surface area contributed by atoms with Crippen LogP contribution in [0.1, 0.15) is 57.2 Å². The van der Waals surface area contributed by atoms with Crippen molar-refractivity contribution in [3.63, 3.8) is 0 Å². The van der Waals surface area contributed by atoms with Crippen LogP contribution in [0.15, 0.2) is 5.38 Å². The van der Waals surface area contributed by atoms with Crippen molar-refractivity contribution >= 4 is 11.3 Å². The first-order valence-electron chi connectivity index (χ1n) is 6.85. The lowest BCUT2D eigenvalue weighted by Gasteiger charge is -2.38. The highest BCUT2D eigenvalue weighted by atomic mass is 32.1. The van der Waals surface area contributed by atoms with Crippen LogP contribution in [0.25, 0.3) is 0 Å². The van der Waals surface area contributed by atoms with E-state index in [1.807, 2.05) is 0 Å². The molecule has 0 saturated carbocycles. The lowest BCUT2D eigenvalue weighted by atomic mass is 9.92. The molecule has 1 saturated heterocycles. The van der Waals surface area contributed by atoms with Crippen molar-refractivity contribution in [1.29, 1.82) is 0 Å². The molecule has 0 aromatic carbocycles. The van der Waals surface area contributed by atoms with Gasteiger partial charge in [-0.2, -0.15) is 0 Å². The van der Waals surface area contributed by atoms with Gasteiger partial charge in [0.1, 0.15) is 5.01 Å². The molecule has 1 aromatic heterocycles. The maximum atomic E-state index is 5.71. The van der Waals surface area contributed by atoms with E-state index in [4.69, 9.17) is 9.72 Å². The van der Waals surface area contributed by atoms with Gasteiger partial charge < -0.3 is 10.1 Å². The number of ether oxygens (including phenoxy) is 1. The van der Waals surface area contributed by atoms with Crippen LogP contribution in [0.5, 0.6) is 0 Å². The van der Waals surface area contributed by atoms with Crippen molar-refractivity contribution in [1.82, 2.24) is 10.3 Å². The molecule has 1 fully saturated rings. The van der Waals surface area contributed by atoms with Crippen molar-refractivity contribution < 1.29 is 4.74 Å². The van der Waals surface area contributed by atoms with Gasteiger partial charge in [0, 0.05) is 18.0 Å². The van der Waals surface area contributed by atoms with Crippen LogP contribution in [-0.2, 0) is 10.3 Å². The van der Waals surface area contributed by atoms with E-state index >= 15 is 0 Å². The van der Waals surface area contributed by atoms with E-state index < -0.39 is 0 Å². The predicted molar refractivity (Wildman–Crippen MR) is 76.2 cm³/mol. The summed E-state index contributed by atoms with van der Waals surface area (Å²) in [6.45, 7) is 10.4. The fourth-order valence-electron chi connectivity index (χ4n) is 2.46. The number of nitrogens with zero attached hydrogens (tertiary/aromatic N) is 1. The summed E-state index contributed by atoms with van der Waals surface area (Å²) < 4.78 is 5.71. The zero-order chi connectivity index (χ0) is 13.2. The van der Waals surface area contributed by atoms with Gasteiger partial charge in [-0.15, -0.1) is 11.3 Å². The van der Waals surface area contributed by atoms with Gasteiger partial charge in [-0.05, 0) is 32.6 Å². The SMILES string of the molecule is CC(C)NC1(c2nc(C(C)C)cs2)CCCOC1. The summed E-state index contributed by atoms with van der Waals surface area (Å²) in [7, 11) is 0. The standard InChI is InChI=1S/C14H24N2OS/c1-10(2)12-8-18-13(15-12)14(16-11(3)4)6-5-7-17-9-14/h8,10-11,16H,5-7,9H2,1-4H3. The van der Waals surface area contributed by atoms with E-state index in [-0.39, 0.29) is 5.54 Å². The van der Waals surface area contributed by atoms with Crippen LogP contribution in [0.2, 0.25) is 0 Å². The van der Waals surface area contributed by atoms with Crippen molar-refractivity contribution in [2.24, 2.45) is 0 Å². The highest BCUT2D eigenvalue weighted by molar-refractivity contribution is 7.09. The second-order valence-corrected chi connectivity index (χ2v) is 6.63. The largest absolute Gasteiger partial charge is 0.379 e. The summed E-state index contributed by atoms with van der Waals surface area (Å²) in [5, 5.41) is 7.07. The molecule has 4 heteroatoms. The summed E-state index contributed by atoms with van der Waals surface area (Å²) in [5.74, 6) is 0.496. The Morgan fingerprint density at radius 1 is 1.39 bits per heavy atom. The molecule has 0 amide bonds. The maximum Gasteiger partial charge on any atom is 0.115 e. The fraction of sp³-hybridized carbons (Fsp3) is 0.786. The third-order valence-corrected chi connectivity index (χ3v) is 4.39. The lowest BCUT2D eigenvalue weighted by Crippen LogP contribution is -2.51. The monoisotopic (exact) mass is 268 g/mol. The highest BCUT2D eigenvalue weighted by Crippen LogP contribution is 2.34. The maximum absolute atomic E-state index is 5.71. The molecule has 1 aliphatic rings. The van der Waals surface area contributed by atoms with E-state index in [1.54, 1.807) is 11.3 Å². The van der Waals surface area contributed by atoms with Gasteiger partial charge in [0.2, 0.25) is 0 Å². The molecule has 0 bridgehead atoms. The summed E-state index contributed by atoms with van der Waals surface area (Å²) in [6, 6.07) is 0.443. The van der Waals surface area contributed by atoms with Crippen molar-refractivity contribution in [3.8, 4) is 0 Å². The Hall–Kier alpha value is -0.450. The van der Waals surface area contributed by atoms with Crippen LogP contribution in [-0.4, -0.2) is 24.2 Å². The van der Waals surface area contributed by atoms with E-state index in [1.165, 1.54) is 10.7 Å². The zero-order valence-electron chi connectivity index (χ0n) is 11.8. The molecule has 1 atom stereocenters. The predicted octanol–water partition coefficient (Wildman–Crippen LogP) is 3.27. The minimum atomic E-state index is -0.0653. The molecule has 0 aliphatic carbocycles. The van der Waals surface area contributed by atoms with Crippen LogP contribution in [0.3, 0.4) is 0 Å². The first-order chi connectivity index (χ1) is 8.53. The molecule has 3 nitrogen and oxygen atoms in total. The highest BCUT2D eigenvalue weighted by Gasteiger charge is 2.38. The van der Waals surface area contributed by atoms with Gasteiger partial charge in [-0.25, -0.2) is 4.98 Å². The Morgan fingerprint density at radius 2 is 2.17 bits per heavy atom. The third kappa shape index (κ3) is 2.92. The van der Waals surface area contributed by atoms with Crippen LogP contribution >= 0.6 is 11.3 Å². The van der Waals surface area contributed by atoms with Crippen LogP contribution in [0.4, 0.5) is 0 Å². The third-order valence-electron chi connectivity index (χ3n) is 3.33. The Balaban J connectivity index is 2.26. The Bertz CT molecular complexity index is 381. The summed E-state index contributed by atoms with van der Waals surface area (Å²) in [5.41, 5.74) is 1.13. The fourth-order valence-corrected chi connectivity index (χ4v) is 3.62. The lowest BCUT2D eigenvalue weighted by molar-refractivity contribution is 0.0140. The number of hydrogen-bond acceptors (Lipinski definition) is 4. The second-order valence-electron chi connectivity index (χ2n) is 5.77. The molecule has 1 aliphatic heterocycles. The number of aromatic nitrogens is 1. The average molecular weight is 268 g/mol. The van der Waals surface area contributed by atoms with E-state index in [0.29, 0.717) is 12.0 Å².